The molecule has 4 rings (SSSR count). The number of amides is 1. The van der Waals surface area contributed by atoms with Gasteiger partial charge in [0.25, 0.3) is 11.7 Å². The van der Waals surface area contributed by atoms with E-state index in [1.54, 1.807) is 23.1 Å². The van der Waals surface area contributed by atoms with Crippen molar-refractivity contribution in [2.75, 3.05) is 39.4 Å². The molecule has 1 fully saturated rings. The van der Waals surface area contributed by atoms with Crippen molar-refractivity contribution in [2.45, 2.75) is 53.2 Å². The average Bonchev–Trinajstić information content (AvgIpc) is 3.41. The Labute approximate surface area is 224 Å². The number of Topliss-reactive ketones (excluding diaryl/α,β-unsaturated/α-hetero) is 1. The zero-order chi connectivity index (χ0) is 27.4. The van der Waals surface area contributed by atoms with E-state index >= 15 is 0 Å². The number of rotatable bonds is 11. The maximum absolute atomic E-state index is 13.5. The average molecular weight is 523 g/mol. The Hall–Kier alpha value is -3.52. The first-order valence-corrected chi connectivity index (χ1v) is 13.5. The summed E-state index contributed by atoms with van der Waals surface area (Å²) in [6, 6.07) is 10.1. The van der Waals surface area contributed by atoms with Gasteiger partial charge >= 0.3 is 0 Å². The molecule has 38 heavy (non-hydrogen) atoms. The third-order valence-electron chi connectivity index (χ3n) is 7.14. The Bertz CT molecular complexity index is 1220. The SMILES string of the molecule is CCOc1ccc([C@H]2C(=C(O)c3ccc4c(c3)C[C@@H](C)O4)C(=O)C(=O)N2CCN(CC)CC)cc1OCC. The third kappa shape index (κ3) is 5.36. The lowest BCUT2D eigenvalue weighted by molar-refractivity contribution is -0.140. The van der Waals surface area contributed by atoms with Crippen LogP contribution in [0, 0.1) is 0 Å². The van der Waals surface area contributed by atoms with Crippen LogP contribution in [0.4, 0.5) is 0 Å². The van der Waals surface area contributed by atoms with E-state index in [0.29, 0.717) is 55.4 Å². The second-order valence-electron chi connectivity index (χ2n) is 9.55. The van der Waals surface area contributed by atoms with Gasteiger partial charge in [0.2, 0.25) is 0 Å². The maximum atomic E-state index is 13.5. The number of aliphatic hydroxyl groups is 1. The lowest BCUT2D eigenvalue weighted by Crippen LogP contribution is -2.38. The number of fused-ring (bicyclic) bond motifs is 1. The van der Waals surface area contributed by atoms with Crippen molar-refractivity contribution in [1.82, 2.24) is 9.80 Å². The van der Waals surface area contributed by atoms with Crippen LogP contribution in [-0.2, 0) is 16.0 Å². The lowest BCUT2D eigenvalue weighted by atomic mass is 9.94. The molecule has 2 aliphatic heterocycles. The highest BCUT2D eigenvalue weighted by Gasteiger charge is 2.46. The summed E-state index contributed by atoms with van der Waals surface area (Å²) >= 11 is 0. The predicted molar refractivity (Wildman–Crippen MR) is 146 cm³/mol. The molecule has 2 aliphatic rings. The highest BCUT2D eigenvalue weighted by atomic mass is 16.5. The minimum Gasteiger partial charge on any atom is -0.507 e. The molecule has 0 aromatic heterocycles. The van der Waals surface area contributed by atoms with Crippen molar-refractivity contribution in [3.05, 3.63) is 58.7 Å². The molecule has 2 aromatic rings. The number of ketones is 1. The van der Waals surface area contributed by atoms with E-state index in [0.717, 1.165) is 24.4 Å². The van der Waals surface area contributed by atoms with Crippen LogP contribution in [0.5, 0.6) is 17.2 Å². The smallest absolute Gasteiger partial charge is 0.295 e. The molecule has 0 radical (unpaired) electrons. The number of likely N-dealkylation sites (N-methyl/N-ethyl adjacent to an activating group) is 1. The Morgan fingerprint density at radius 3 is 2.42 bits per heavy atom. The number of hydrogen-bond donors (Lipinski definition) is 1. The minimum atomic E-state index is -0.760. The second-order valence-corrected chi connectivity index (χ2v) is 9.55. The fourth-order valence-corrected chi connectivity index (χ4v) is 5.21. The van der Waals surface area contributed by atoms with Crippen LogP contribution in [0.1, 0.15) is 57.4 Å². The zero-order valence-electron chi connectivity index (χ0n) is 23.0. The monoisotopic (exact) mass is 522 g/mol. The van der Waals surface area contributed by atoms with Crippen molar-refractivity contribution in [1.29, 1.82) is 0 Å². The molecule has 1 saturated heterocycles. The van der Waals surface area contributed by atoms with Crippen LogP contribution < -0.4 is 14.2 Å². The van der Waals surface area contributed by atoms with Crippen molar-refractivity contribution in [3.63, 3.8) is 0 Å². The maximum Gasteiger partial charge on any atom is 0.295 e. The first-order chi connectivity index (χ1) is 18.3. The van der Waals surface area contributed by atoms with Gasteiger partial charge in [-0.1, -0.05) is 19.9 Å². The van der Waals surface area contributed by atoms with Gasteiger partial charge in [-0.15, -0.1) is 0 Å². The molecule has 1 amide bonds. The van der Waals surface area contributed by atoms with Gasteiger partial charge in [0.15, 0.2) is 11.5 Å². The molecule has 1 N–H and O–H groups in total. The standard InChI is InChI=1S/C30H38N2O6/c1-6-31(7-2)14-15-32-27(20-10-13-24(36-8-3)25(18-20)37-9-4)26(29(34)30(32)35)28(33)21-11-12-23-22(17-21)16-19(5)38-23/h10-13,17-19,27,33H,6-9,14-16H2,1-5H3/t19-,27+/m1/s1. The highest BCUT2D eigenvalue weighted by molar-refractivity contribution is 6.46. The molecule has 0 unspecified atom stereocenters. The quantitative estimate of drug-likeness (QED) is 0.263. The molecular formula is C30H38N2O6. The Balaban J connectivity index is 1.82. The van der Waals surface area contributed by atoms with E-state index in [1.165, 1.54) is 0 Å². The first-order valence-electron chi connectivity index (χ1n) is 13.5. The predicted octanol–water partition coefficient (Wildman–Crippen LogP) is 4.57. The van der Waals surface area contributed by atoms with E-state index in [2.05, 4.69) is 18.7 Å². The molecule has 8 nitrogen and oxygen atoms in total. The topological polar surface area (TPSA) is 88.5 Å². The number of benzene rings is 2. The molecular weight excluding hydrogens is 484 g/mol. The van der Waals surface area contributed by atoms with Crippen LogP contribution in [0.25, 0.3) is 5.76 Å². The van der Waals surface area contributed by atoms with Crippen molar-refractivity contribution in [3.8, 4) is 17.2 Å². The number of hydrogen-bond acceptors (Lipinski definition) is 7. The number of nitrogens with zero attached hydrogens (tertiary/aromatic N) is 2. The van der Waals surface area contributed by atoms with Crippen molar-refractivity contribution >= 4 is 17.4 Å². The summed E-state index contributed by atoms with van der Waals surface area (Å²) in [5, 5.41) is 11.5. The molecule has 0 aliphatic carbocycles. The van der Waals surface area contributed by atoms with Crippen LogP contribution in [0.15, 0.2) is 42.0 Å². The molecule has 204 valence electrons. The van der Waals surface area contributed by atoms with Crippen LogP contribution in [-0.4, -0.2) is 72.1 Å². The molecule has 2 atom stereocenters. The van der Waals surface area contributed by atoms with Crippen LogP contribution >= 0.6 is 0 Å². The summed E-state index contributed by atoms with van der Waals surface area (Å²) in [7, 11) is 0. The largest absolute Gasteiger partial charge is 0.507 e. The fraction of sp³-hybridized carbons (Fsp3) is 0.467. The van der Waals surface area contributed by atoms with Crippen molar-refractivity contribution in [2.24, 2.45) is 0 Å². The zero-order valence-corrected chi connectivity index (χ0v) is 23.0. The lowest BCUT2D eigenvalue weighted by Gasteiger charge is -2.28. The fourth-order valence-electron chi connectivity index (χ4n) is 5.21. The molecule has 8 heteroatoms. The Morgan fingerprint density at radius 2 is 1.74 bits per heavy atom. The first kappa shape index (κ1) is 27.5. The van der Waals surface area contributed by atoms with E-state index in [9.17, 15) is 14.7 Å². The van der Waals surface area contributed by atoms with Crippen molar-refractivity contribution < 1.29 is 28.9 Å². The molecule has 0 bridgehead atoms. The van der Waals surface area contributed by atoms with E-state index in [1.807, 2.05) is 39.0 Å². The van der Waals surface area contributed by atoms with Gasteiger partial charge in [-0.25, -0.2) is 0 Å². The number of carbonyl (C=O) groups is 2. The van der Waals surface area contributed by atoms with Gasteiger partial charge in [0.05, 0.1) is 24.8 Å². The van der Waals surface area contributed by atoms with Crippen LogP contribution in [0.2, 0.25) is 0 Å². The molecule has 0 spiro atoms. The number of likely N-dealkylation sites (tertiary alicyclic amines) is 1. The molecule has 2 heterocycles. The van der Waals surface area contributed by atoms with E-state index < -0.39 is 17.7 Å². The molecule has 2 aromatic carbocycles. The second kappa shape index (κ2) is 11.9. The van der Waals surface area contributed by atoms with Gasteiger partial charge < -0.3 is 29.1 Å². The summed E-state index contributed by atoms with van der Waals surface area (Å²) in [5.41, 5.74) is 2.21. The van der Waals surface area contributed by atoms with Crippen LogP contribution in [0.3, 0.4) is 0 Å². The summed E-state index contributed by atoms with van der Waals surface area (Å²) in [6.07, 6.45) is 0.767. The minimum absolute atomic E-state index is 0.0499. The Morgan fingerprint density at radius 1 is 1.03 bits per heavy atom. The normalized spacial score (nSPS) is 20.1. The number of ether oxygens (including phenoxy) is 3. The number of carbonyl (C=O) groups excluding carboxylic acids is 2. The van der Waals surface area contributed by atoms with Gasteiger partial charge in [-0.05, 0) is 75.3 Å². The third-order valence-corrected chi connectivity index (χ3v) is 7.14. The summed E-state index contributed by atoms with van der Waals surface area (Å²) < 4.78 is 17.4. The molecule has 0 saturated carbocycles. The summed E-state index contributed by atoms with van der Waals surface area (Å²) in [4.78, 5) is 30.6. The van der Waals surface area contributed by atoms with Gasteiger partial charge in [0.1, 0.15) is 17.6 Å². The van der Waals surface area contributed by atoms with Gasteiger partial charge in [-0.2, -0.15) is 0 Å². The van der Waals surface area contributed by atoms with Gasteiger partial charge in [0, 0.05) is 25.1 Å². The van der Waals surface area contributed by atoms with Gasteiger partial charge in [-0.3, -0.25) is 9.59 Å². The number of aliphatic hydroxyl groups excluding tert-OH is 1. The van der Waals surface area contributed by atoms with E-state index in [-0.39, 0.29) is 17.4 Å². The van der Waals surface area contributed by atoms with E-state index in [4.69, 9.17) is 14.2 Å². The summed E-state index contributed by atoms with van der Waals surface area (Å²) in [5.74, 6) is 0.402. The Kier molecular flexibility index (Phi) is 8.62. The summed E-state index contributed by atoms with van der Waals surface area (Å²) in [6.45, 7) is 13.4. The highest BCUT2D eigenvalue weighted by Crippen LogP contribution is 2.42.